The average Bonchev–Trinajstić information content (AvgIpc) is 3.08. The van der Waals surface area contributed by atoms with Crippen LogP contribution in [0.3, 0.4) is 0 Å². The van der Waals surface area contributed by atoms with E-state index in [0.29, 0.717) is 18.5 Å². The Hall–Kier alpha value is -3.24. The Morgan fingerprint density at radius 3 is 2.45 bits per heavy atom. The van der Waals surface area contributed by atoms with Gasteiger partial charge in [0.25, 0.3) is 0 Å². The monoisotopic (exact) mass is 403 g/mol. The van der Waals surface area contributed by atoms with Gasteiger partial charge in [-0.05, 0) is 60.0 Å². The zero-order valence-electron chi connectivity index (χ0n) is 15.9. The van der Waals surface area contributed by atoms with Crippen molar-refractivity contribution in [3.05, 3.63) is 95.1 Å². The Morgan fingerprint density at radius 1 is 0.966 bits per heavy atom. The van der Waals surface area contributed by atoms with Crippen molar-refractivity contribution in [2.24, 2.45) is 0 Å². The van der Waals surface area contributed by atoms with Crippen LogP contribution in [0, 0.1) is 0 Å². The summed E-state index contributed by atoms with van der Waals surface area (Å²) >= 11 is 6.00. The molecular weight excluding hydrogens is 382 g/mol. The van der Waals surface area contributed by atoms with Gasteiger partial charge < -0.3 is 15.6 Å². The first-order chi connectivity index (χ1) is 14.1. The van der Waals surface area contributed by atoms with Gasteiger partial charge in [0.05, 0.1) is 0 Å². The Bertz CT molecular complexity index is 1130. The van der Waals surface area contributed by atoms with Crippen molar-refractivity contribution < 1.29 is 4.79 Å². The second-order valence-electron chi connectivity index (χ2n) is 7.10. The molecule has 0 aliphatic carbocycles. The standard InChI is InChI=1S/C24H22ClN3O/c25-19-8-5-17(6-9-19)15-28-16-18(22-3-1-2-4-23(22)28)7-14-24(29)27-21-12-10-20(26)11-13-21/h1-6,8-13,16H,7,14-15,26H2,(H,27,29). The topological polar surface area (TPSA) is 60.0 Å². The maximum absolute atomic E-state index is 12.4. The van der Waals surface area contributed by atoms with E-state index < -0.39 is 0 Å². The van der Waals surface area contributed by atoms with Crippen LogP contribution < -0.4 is 11.1 Å². The highest BCUT2D eigenvalue weighted by atomic mass is 35.5. The summed E-state index contributed by atoms with van der Waals surface area (Å²) in [4.78, 5) is 12.4. The van der Waals surface area contributed by atoms with E-state index in [4.69, 9.17) is 17.3 Å². The fourth-order valence-electron chi connectivity index (χ4n) is 3.48. The lowest BCUT2D eigenvalue weighted by Crippen LogP contribution is -2.12. The van der Waals surface area contributed by atoms with Crippen LogP contribution >= 0.6 is 11.6 Å². The summed E-state index contributed by atoms with van der Waals surface area (Å²) in [7, 11) is 0. The lowest BCUT2D eigenvalue weighted by molar-refractivity contribution is -0.116. The van der Waals surface area contributed by atoms with Crippen molar-refractivity contribution in [2.75, 3.05) is 11.1 Å². The molecule has 1 amide bonds. The van der Waals surface area contributed by atoms with Crippen molar-refractivity contribution in [1.82, 2.24) is 4.57 Å². The van der Waals surface area contributed by atoms with E-state index >= 15 is 0 Å². The number of amides is 1. The number of anilines is 2. The van der Waals surface area contributed by atoms with Gasteiger partial charge in [0.1, 0.15) is 0 Å². The van der Waals surface area contributed by atoms with Gasteiger partial charge in [-0.25, -0.2) is 0 Å². The van der Waals surface area contributed by atoms with Gasteiger partial charge >= 0.3 is 0 Å². The highest BCUT2D eigenvalue weighted by Gasteiger charge is 2.11. The number of nitrogens with one attached hydrogen (secondary N) is 1. The zero-order chi connectivity index (χ0) is 20.2. The Balaban J connectivity index is 1.49. The van der Waals surface area contributed by atoms with E-state index in [-0.39, 0.29) is 5.91 Å². The van der Waals surface area contributed by atoms with E-state index in [1.54, 1.807) is 12.1 Å². The molecule has 0 aliphatic heterocycles. The lowest BCUT2D eigenvalue weighted by atomic mass is 10.1. The predicted molar refractivity (Wildman–Crippen MR) is 120 cm³/mol. The van der Waals surface area contributed by atoms with E-state index in [1.807, 2.05) is 48.5 Å². The molecule has 29 heavy (non-hydrogen) atoms. The number of aromatic nitrogens is 1. The molecule has 0 saturated carbocycles. The molecule has 1 aromatic heterocycles. The third-order valence-corrected chi connectivity index (χ3v) is 5.21. The number of para-hydroxylation sites is 1. The summed E-state index contributed by atoms with van der Waals surface area (Å²) in [6, 6.07) is 23.4. The molecule has 4 aromatic rings. The molecule has 0 unspecified atom stereocenters. The van der Waals surface area contributed by atoms with Crippen LogP contribution in [-0.4, -0.2) is 10.5 Å². The number of carbonyl (C=O) groups is 1. The fourth-order valence-corrected chi connectivity index (χ4v) is 3.60. The van der Waals surface area contributed by atoms with Crippen LogP contribution in [0.1, 0.15) is 17.5 Å². The highest BCUT2D eigenvalue weighted by molar-refractivity contribution is 6.30. The van der Waals surface area contributed by atoms with Gasteiger partial charge in [-0.2, -0.15) is 0 Å². The van der Waals surface area contributed by atoms with Crippen LogP contribution in [0.15, 0.2) is 79.0 Å². The van der Waals surface area contributed by atoms with Crippen molar-refractivity contribution in [1.29, 1.82) is 0 Å². The normalized spacial score (nSPS) is 10.9. The summed E-state index contributed by atoms with van der Waals surface area (Å²) in [5.74, 6) is -0.00990. The predicted octanol–water partition coefficient (Wildman–Crippen LogP) is 5.50. The second-order valence-corrected chi connectivity index (χ2v) is 7.53. The van der Waals surface area contributed by atoms with E-state index in [1.165, 1.54) is 16.5 Å². The maximum atomic E-state index is 12.4. The van der Waals surface area contributed by atoms with Crippen molar-refractivity contribution in [2.45, 2.75) is 19.4 Å². The Kier molecular flexibility index (Phi) is 5.54. The second kappa shape index (κ2) is 8.41. The molecule has 0 saturated heterocycles. The molecule has 1 heterocycles. The number of hydrogen-bond acceptors (Lipinski definition) is 2. The third kappa shape index (κ3) is 4.61. The van der Waals surface area contributed by atoms with Crippen LogP contribution in [0.4, 0.5) is 11.4 Å². The molecule has 0 aliphatic rings. The summed E-state index contributed by atoms with van der Waals surface area (Å²) in [6.45, 7) is 0.759. The van der Waals surface area contributed by atoms with Crippen LogP contribution in [0.2, 0.25) is 5.02 Å². The summed E-state index contributed by atoms with van der Waals surface area (Å²) in [6.07, 6.45) is 3.24. The van der Waals surface area contributed by atoms with Crippen LogP contribution in [0.5, 0.6) is 0 Å². The summed E-state index contributed by atoms with van der Waals surface area (Å²) in [5, 5.41) is 4.84. The SMILES string of the molecule is Nc1ccc(NC(=O)CCc2cn(Cc3ccc(Cl)cc3)c3ccccc23)cc1. The first kappa shape index (κ1) is 19.1. The molecule has 146 valence electrons. The Morgan fingerprint density at radius 2 is 1.69 bits per heavy atom. The molecule has 0 fully saturated rings. The molecular formula is C24H22ClN3O. The molecule has 0 bridgehead atoms. The number of benzene rings is 3. The number of hydrogen-bond donors (Lipinski definition) is 2. The minimum Gasteiger partial charge on any atom is -0.399 e. The number of nitrogens with zero attached hydrogens (tertiary/aromatic N) is 1. The number of rotatable bonds is 6. The lowest BCUT2D eigenvalue weighted by Gasteiger charge is -2.06. The van der Waals surface area contributed by atoms with Gasteiger partial charge in [0.2, 0.25) is 5.91 Å². The molecule has 3 N–H and O–H groups in total. The summed E-state index contributed by atoms with van der Waals surface area (Å²) < 4.78 is 2.23. The molecule has 3 aromatic carbocycles. The quantitative estimate of drug-likeness (QED) is 0.418. The first-order valence-corrected chi connectivity index (χ1v) is 9.93. The van der Waals surface area contributed by atoms with Gasteiger partial charge in [-0.1, -0.05) is 41.9 Å². The number of aryl methyl sites for hydroxylation is 1. The average molecular weight is 404 g/mol. The molecule has 5 heteroatoms. The van der Waals surface area contributed by atoms with Gasteiger partial charge in [-0.3, -0.25) is 4.79 Å². The number of halogens is 1. The smallest absolute Gasteiger partial charge is 0.224 e. The Labute approximate surface area is 174 Å². The van der Waals surface area contributed by atoms with Gasteiger partial charge in [0.15, 0.2) is 0 Å². The number of nitrogen functional groups attached to an aromatic ring is 1. The summed E-state index contributed by atoms with van der Waals surface area (Å²) in [5.41, 5.74) is 10.6. The van der Waals surface area contributed by atoms with E-state index in [2.05, 4.69) is 28.2 Å². The van der Waals surface area contributed by atoms with E-state index in [0.717, 1.165) is 22.8 Å². The highest BCUT2D eigenvalue weighted by Crippen LogP contribution is 2.24. The van der Waals surface area contributed by atoms with Crippen molar-refractivity contribution in [3.63, 3.8) is 0 Å². The van der Waals surface area contributed by atoms with E-state index in [9.17, 15) is 4.79 Å². The molecule has 4 nitrogen and oxygen atoms in total. The molecule has 0 spiro atoms. The molecule has 4 rings (SSSR count). The number of nitrogens with two attached hydrogens (primary N) is 1. The van der Waals surface area contributed by atoms with Crippen LogP contribution in [0.25, 0.3) is 10.9 Å². The third-order valence-electron chi connectivity index (χ3n) is 4.95. The first-order valence-electron chi connectivity index (χ1n) is 9.55. The van der Waals surface area contributed by atoms with Crippen molar-refractivity contribution >= 4 is 39.8 Å². The zero-order valence-corrected chi connectivity index (χ0v) is 16.7. The minimum absolute atomic E-state index is 0.00990. The number of fused-ring (bicyclic) bond motifs is 1. The fraction of sp³-hybridized carbons (Fsp3) is 0.125. The molecule has 0 radical (unpaired) electrons. The molecule has 0 atom stereocenters. The minimum atomic E-state index is -0.00990. The maximum Gasteiger partial charge on any atom is 0.224 e. The van der Waals surface area contributed by atoms with Crippen LogP contribution in [-0.2, 0) is 17.8 Å². The van der Waals surface area contributed by atoms with Gasteiger partial charge in [0, 0.05) is 46.5 Å². The van der Waals surface area contributed by atoms with Crippen molar-refractivity contribution in [3.8, 4) is 0 Å². The van der Waals surface area contributed by atoms with Gasteiger partial charge in [-0.15, -0.1) is 0 Å². The number of carbonyl (C=O) groups excluding carboxylic acids is 1. The largest absolute Gasteiger partial charge is 0.399 e.